The van der Waals surface area contributed by atoms with Crippen molar-refractivity contribution in [2.45, 2.75) is 33.3 Å². The first kappa shape index (κ1) is 11.2. The fourth-order valence-electron chi connectivity index (χ4n) is 1.32. The van der Waals surface area contributed by atoms with E-state index in [9.17, 15) is 9.50 Å². The zero-order valence-corrected chi connectivity index (χ0v) is 8.92. The van der Waals surface area contributed by atoms with Crippen LogP contribution in [0.15, 0.2) is 18.2 Å². The molecule has 1 atom stereocenters. The fraction of sp³-hybridized carbons (Fsp3) is 0.500. The molecular formula is C12H17FO. The van der Waals surface area contributed by atoms with Crippen LogP contribution in [0, 0.1) is 18.7 Å². The maximum Gasteiger partial charge on any atom is 0.123 e. The standard InChI is InChI=1S/C12H17FO/c1-8(2)12(14)7-10-6-11(13)5-4-9(10)3/h4-6,8,12,14H,7H2,1-3H3. The normalized spacial score (nSPS) is 13.3. The van der Waals surface area contributed by atoms with Crippen LogP contribution < -0.4 is 0 Å². The summed E-state index contributed by atoms with van der Waals surface area (Å²) in [5.74, 6) is -0.0285. The van der Waals surface area contributed by atoms with Crippen LogP contribution in [0.3, 0.4) is 0 Å². The van der Waals surface area contributed by atoms with Gasteiger partial charge in [0.2, 0.25) is 0 Å². The van der Waals surface area contributed by atoms with E-state index in [0.29, 0.717) is 6.42 Å². The van der Waals surface area contributed by atoms with E-state index in [4.69, 9.17) is 0 Å². The summed E-state index contributed by atoms with van der Waals surface area (Å²) >= 11 is 0. The summed E-state index contributed by atoms with van der Waals surface area (Å²) < 4.78 is 12.9. The summed E-state index contributed by atoms with van der Waals surface area (Å²) in [6, 6.07) is 4.69. The van der Waals surface area contributed by atoms with Crippen molar-refractivity contribution in [3.8, 4) is 0 Å². The van der Waals surface area contributed by atoms with Gasteiger partial charge < -0.3 is 5.11 Å². The summed E-state index contributed by atoms with van der Waals surface area (Å²) in [5.41, 5.74) is 1.93. The van der Waals surface area contributed by atoms with E-state index in [1.165, 1.54) is 12.1 Å². The van der Waals surface area contributed by atoms with Crippen molar-refractivity contribution in [2.24, 2.45) is 5.92 Å². The number of aryl methyl sites for hydroxylation is 1. The molecule has 0 aliphatic heterocycles. The third kappa shape index (κ3) is 2.81. The summed E-state index contributed by atoms with van der Waals surface area (Å²) in [6.07, 6.45) is 0.136. The first-order valence-corrected chi connectivity index (χ1v) is 4.94. The maximum atomic E-state index is 12.9. The van der Waals surface area contributed by atoms with Crippen LogP contribution in [0.2, 0.25) is 0 Å². The van der Waals surface area contributed by atoms with Gasteiger partial charge in [-0.3, -0.25) is 0 Å². The van der Waals surface area contributed by atoms with Crippen LogP contribution in [0.25, 0.3) is 0 Å². The number of aliphatic hydroxyl groups excluding tert-OH is 1. The molecule has 0 aliphatic rings. The van der Waals surface area contributed by atoms with Crippen LogP contribution in [-0.4, -0.2) is 11.2 Å². The SMILES string of the molecule is Cc1ccc(F)cc1CC(O)C(C)C. The average Bonchev–Trinajstić information content (AvgIpc) is 2.11. The molecule has 2 heteroatoms. The lowest BCUT2D eigenvalue weighted by atomic mass is 9.96. The molecule has 14 heavy (non-hydrogen) atoms. The molecule has 78 valence electrons. The van der Waals surface area contributed by atoms with Crippen LogP contribution in [0.1, 0.15) is 25.0 Å². The largest absolute Gasteiger partial charge is 0.393 e. The minimum absolute atomic E-state index is 0.206. The van der Waals surface area contributed by atoms with Gasteiger partial charge in [-0.1, -0.05) is 19.9 Å². The molecule has 0 aliphatic carbocycles. The van der Waals surface area contributed by atoms with E-state index in [-0.39, 0.29) is 11.7 Å². The van der Waals surface area contributed by atoms with Crippen LogP contribution in [-0.2, 0) is 6.42 Å². The van der Waals surface area contributed by atoms with Gasteiger partial charge in [0, 0.05) is 0 Å². The zero-order chi connectivity index (χ0) is 10.7. The van der Waals surface area contributed by atoms with Crippen molar-refractivity contribution in [2.75, 3.05) is 0 Å². The molecule has 1 rings (SSSR count). The molecule has 0 saturated carbocycles. The van der Waals surface area contributed by atoms with E-state index in [1.807, 2.05) is 20.8 Å². The van der Waals surface area contributed by atoms with E-state index < -0.39 is 6.10 Å². The lowest BCUT2D eigenvalue weighted by molar-refractivity contribution is 0.125. The minimum Gasteiger partial charge on any atom is -0.393 e. The lowest BCUT2D eigenvalue weighted by Gasteiger charge is -2.15. The summed E-state index contributed by atoms with van der Waals surface area (Å²) in [6.45, 7) is 5.85. The fourth-order valence-corrected chi connectivity index (χ4v) is 1.32. The molecule has 0 heterocycles. The summed E-state index contributed by atoms with van der Waals surface area (Å²) in [7, 11) is 0. The molecule has 0 saturated heterocycles. The Labute approximate surface area is 84.6 Å². The van der Waals surface area contributed by atoms with Gasteiger partial charge in [-0.05, 0) is 42.5 Å². The first-order valence-electron chi connectivity index (χ1n) is 4.94. The van der Waals surface area contributed by atoms with Gasteiger partial charge in [-0.25, -0.2) is 4.39 Å². The van der Waals surface area contributed by atoms with Crippen molar-refractivity contribution in [1.29, 1.82) is 0 Å². The summed E-state index contributed by atoms with van der Waals surface area (Å²) in [5, 5.41) is 9.67. The number of hydrogen-bond acceptors (Lipinski definition) is 1. The molecule has 0 fully saturated rings. The highest BCUT2D eigenvalue weighted by Gasteiger charge is 2.11. The molecule has 1 aromatic carbocycles. The van der Waals surface area contributed by atoms with Crippen molar-refractivity contribution in [3.63, 3.8) is 0 Å². The maximum absolute atomic E-state index is 12.9. The molecule has 1 unspecified atom stereocenters. The van der Waals surface area contributed by atoms with E-state index in [0.717, 1.165) is 11.1 Å². The Balaban J connectivity index is 2.80. The highest BCUT2D eigenvalue weighted by atomic mass is 19.1. The first-order chi connectivity index (χ1) is 6.50. The lowest BCUT2D eigenvalue weighted by Crippen LogP contribution is -2.18. The van der Waals surface area contributed by atoms with Gasteiger partial charge in [-0.2, -0.15) is 0 Å². The van der Waals surface area contributed by atoms with Gasteiger partial charge >= 0.3 is 0 Å². The number of halogens is 1. The van der Waals surface area contributed by atoms with Gasteiger partial charge in [0.05, 0.1) is 6.10 Å². The van der Waals surface area contributed by atoms with E-state index >= 15 is 0 Å². The number of benzene rings is 1. The van der Waals surface area contributed by atoms with E-state index in [1.54, 1.807) is 6.07 Å². The molecule has 0 spiro atoms. The predicted octanol–water partition coefficient (Wildman–Crippen LogP) is 2.69. The zero-order valence-electron chi connectivity index (χ0n) is 8.92. The molecule has 0 aromatic heterocycles. The van der Waals surface area contributed by atoms with Gasteiger partial charge in [0.1, 0.15) is 5.82 Å². The average molecular weight is 196 g/mol. The van der Waals surface area contributed by atoms with Gasteiger partial charge in [0.25, 0.3) is 0 Å². The van der Waals surface area contributed by atoms with Crippen molar-refractivity contribution >= 4 is 0 Å². The predicted molar refractivity (Wildman–Crippen MR) is 55.7 cm³/mol. The second kappa shape index (κ2) is 4.56. The molecule has 1 aromatic rings. The van der Waals surface area contributed by atoms with Crippen LogP contribution in [0.4, 0.5) is 4.39 Å². The quantitative estimate of drug-likeness (QED) is 0.788. The van der Waals surface area contributed by atoms with Crippen molar-refractivity contribution in [3.05, 3.63) is 35.1 Å². The molecule has 0 amide bonds. The minimum atomic E-state index is -0.393. The topological polar surface area (TPSA) is 20.2 Å². The molecular weight excluding hydrogens is 179 g/mol. The van der Waals surface area contributed by atoms with E-state index in [2.05, 4.69) is 0 Å². The Morgan fingerprint density at radius 1 is 1.36 bits per heavy atom. The highest BCUT2D eigenvalue weighted by Crippen LogP contribution is 2.15. The Bertz CT molecular complexity index is 307. The number of aliphatic hydroxyl groups is 1. The molecule has 1 N–H and O–H groups in total. The third-order valence-electron chi connectivity index (χ3n) is 2.51. The van der Waals surface area contributed by atoms with Crippen LogP contribution in [0.5, 0.6) is 0 Å². The second-order valence-corrected chi connectivity index (χ2v) is 4.09. The highest BCUT2D eigenvalue weighted by molar-refractivity contribution is 5.27. The third-order valence-corrected chi connectivity index (χ3v) is 2.51. The Morgan fingerprint density at radius 3 is 2.57 bits per heavy atom. The van der Waals surface area contributed by atoms with Crippen molar-refractivity contribution < 1.29 is 9.50 Å². The van der Waals surface area contributed by atoms with Gasteiger partial charge in [0.15, 0.2) is 0 Å². The molecule has 0 bridgehead atoms. The number of hydrogen-bond donors (Lipinski definition) is 1. The second-order valence-electron chi connectivity index (χ2n) is 4.09. The number of rotatable bonds is 3. The Morgan fingerprint density at radius 2 is 2.00 bits per heavy atom. The molecule has 1 nitrogen and oxygen atoms in total. The monoisotopic (exact) mass is 196 g/mol. The Hall–Kier alpha value is -0.890. The smallest absolute Gasteiger partial charge is 0.123 e. The summed E-state index contributed by atoms with van der Waals surface area (Å²) in [4.78, 5) is 0. The Kier molecular flexibility index (Phi) is 3.64. The van der Waals surface area contributed by atoms with Crippen molar-refractivity contribution in [1.82, 2.24) is 0 Å². The van der Waals surface area contributed by atoms with Gasteiger partial charge in [-0.15, -0.1) is 0 Å². The molecule has 0 radical (unpaired) electrons. The van der Waals surface area contributed by atoms with Crippen LogP contribution >= 0.6 is 0 Å².